The highest BCUT2D eigenvalue weighted by Crippen LogP contribution is 2.21. The van der Waals surface area contributed by atoms with Gasteiger partial charge in [-0.1, -0.05) is 69.3 Å². The molecule has 0 aliphatic carbocycles. The molecule has 0 saturated carbocycles. The molecule has 1 unspecified atom stereocenters. The number of benzene rings is 2. The number of aromatic hydroxyl groups is 1. The average Bonchev–Trinajstić information content (AvgIpc) is 3.84. The van der Waals surface area contributed by atoms with Crippen molar-refractivity contribution in [2.45, 2.75) is 120 Å². The summed E-state index contributed by atoms with van der Waals surface area (Å²) < 4.78 is 0. The molecule has 8 atom stereocenters. The number of likely N-dealkylation sites (tertiary alicyclic amines) is 1. The Kier molecular flexibility index (Phi) is 21.5. The van der Waals surface area contributed by atoms with E-state index in [9.17, 15) is 57.8 Å². The van der Waals surface area contributed by atoms with Gasteiger partial charge in [-0.15, -0.1) is 0 Å². The Bertz CT molecular complexity index is 2330. The van der Waals surface area contributed by atoms with E-state index in [0.717, 1.165) is 4.90 Å². The quantitative estimate of drug-likeness (QED) is 0.0743. The van der Waals surface area contributed by atoms with Gasteiger partial charge < -0.3 is 69.7 Å². The van der Waals surface area contributed by atoms with Crippen molar-refractivity contribution in [3.63, 3.8) is 0 Å². The second kappa shape index (κ2) is 27.4. The Labute approximate surface area is 416 Å². The SMILES string of the molecule is C=C1N[C@@H]([C@@H](C)CC)C(=O)N[C@@H](CCC(N)=O)C(=O)N[C@@H](CC(N)=O)C(=O)N[C@H](C(=O)N2CCCC2C(=O)N[C@@H](Cc2ccccc2)C(=O)NCC(N)=O)CCC(=O)NCC(=O)N[C@H]1Cc1ccc(O)cc1. The number of carbonyl (C=O) groups is 11. The number of hydrogen-bond donors (Lipinski definition) is 12. The Balaban J connectivity index is 1.70. The molecule has 2 aliphatic heterocycles. The summed E-state index contributed by atoms with van der Waals surface area (Å²) in [5.74, 6) is -9.87. The van der Waals surface area contributed by atoms with Crippen molar-refractivity contribution in [3.05, 3.63) is 78.0 Å². The number of hydrogen-bond acceptors (Lipinski definition) is 13. The first kappa shape index (κ1) is 56.5. The van der Waals surface area contributed by atoms with Crippen LogP contribution in [0.3, 0.4) is 0 Å². The standard InChI is InChI=1S/C48H66N12O12/c1-4-26(2)42-47(71)56-31(16-18-37(49)62)44(68)58-35(23-38(50)63)45(69)57-32(17-19-40(65)52-25-41(66)55-33(27(3)54-42)21-29-12-14-30(61)15-13-29)48(72)60-20-8-11-36(60)46(70)59-34(43(67)53-24-39(51)64)22-28-9-6-5-7-10-28/h5-7,9-10,12-15,26,31-36,42,54,61H,3-4,8,11,16-25H2,1-2H3,(H2,49,62)(H2,50,63)(H2,51,64)(H,52,65)(H,53,67)(H,55,66)(H,56,71)(H,57,69)(H,58,68)(H,59,70)/t26-,31-,32-,33-,34-,35-,36?,42-/m0/s1. The molecule has 2 heterocycles. The summed E-state index contributed by atoms with van der Waals surface area (Å²) in [6, 6.07) is 5.35. The van der Waals surface area contributed by atoms with E-state index in [1.54, 1.807) is 56.3 Å². The summed E-state index contributed by atoms with van der Waals surface area (Å²) in [7, 11) is 0. The van der Waals surface area contributed by atoms with Crippen LogP contribution in [0.2, 0.25) is 0 Å². The maximum Gasteiger partial charge on any atom is 0.245 e. The van der Waals surface area contributed by atoms with Crippen molar-refractivity contribution in [2.75, 3.05) is 19.6 Å². The minimum atomic E-state index is -1.79. The van der Waals surface area contributed by atoms with Gasteiger partial charge >= 0.3 is 0 Å². The molecule has 0 aromatic heterocycles. The van der Waals surface area contributed by atoms with E-state index in [0.29, 0.717) is 24.0 Å². The van der Waals surface area contributed by atoms with Gasteiger partial charge in [-0.25, -0.2) is 0 Å². The predicted octanol–water partition coefficient (Wildman–Crippen LogP) is -3.24. The molecule has 11 amide bonds. The van der Waals surface area contributed by atoms with Gasteiger partial charge in [0, 0.05) is 31.5 Å². The fourth-order valence-corrected chi connectivity index (χ4v) is 8.08. The Morgan fingerprint density at radius 2 is 1.44 bits per heavy atom. The number of rotatable bonds is 17. The smallest absolute Gasteiger partial charge is 0.245 e. The first-order valence-electron chi connectivity index (χ1n) is 23.6. The van der Waals surface area contributed by atoms with Gasteiger partial charge in [0.25, 0.3) is 0 Å². The lowest BCUT2D eigenvalue weighted by atomic mass is 9.95. The Morgan fingerprint density at radius 1 is 0.778 bits per heavy atom. The summed E-state index contributed by atoms with van der Waals surface area (Å²) in [5, 5.41) is 30.8. The highest BCUT2D eigenvalue weighted by molar-refractivity contribution is 5.99. The van der Waals surface area contributed by atoms with E-state index in [1.165, 1.54) is 12.1 Å². The molecule has 0 radical (unpaired) electrons. The normalized spacial score (nSPS) is 22.5. The van der Waals surface area contributed by atoms with Crippen LogP contribution in [-0.4, -0.2) is 137 Å². The Hall–Kier alpha value is -8.05. The number of primary amides is 3. The predicted molar refractivity (Wildman–Crippen MR) is 259 cm³/mol. The summed E-state index contributed by atoms with van der Waals surface area (Å²) in [6.07, 6.45) is -1.59. The Morgan fingerprint density at radius 3 is 2.08 bits per heavy atom. The number of amides is 11. The summed E-state index contributed by atoms with van der Waals surface area (Å²) in [6.45, 7) is 6.56. The van der Waals surface area contributed by atoms with Gasteiger partial charge in [0.15, 0.2) is 0 Å². The lowest BCUT2D eigenvalue weighted by Gasteiger charge is -2.32. The largest absolute Gasteiger partial charge is 0.508 e. The monoisotopic (exact) mass is 1000 g/mol. The molecule has 2 aromatic rings. The number of phenolic OH excluding ortho intramolecular Hbond substituents is 1. The molecule has 4 rings (SSSR count). The second-order valence-corrected chi connectivity index (χ2v) is 17.8. The molecule has 0 spiro atoms. The van der Waals surface area contributed by atoms with Gasteiger partial charge in [-0.2, -0.15) is 0 Å². The molecule has 390 valence electrons. The van der Waals surface area contributed by atoms with Crippen LogP contribution >= 0.6 is 0 Å². The molecule has 15 N–H and O–H groups in total. The van der Waals surface area contributed by atoms with Crippen LogP contribution in [0.15, 0.2) is 66.9 Å². The number of nitrogens with one attached hydrogen (secondary N) is 8. The molecule has 0 bridgehead atoms. The minimum absolute atomic E-state index is 0.00709. The van der Waals surface area contributed by atoms with Crippen LogP contribution in [0.1, 0.15) is 76.3 Å². The fourth-order valence-electron chi connectivity index (χ4n) is 8.08. The zero-order chi connectivity index (χ0) is 53.1. The molecule has 72 heavy (non-hydrogen) atoms. The van der Waals surface area contributed by atoms with Crippen LogP contribution in [0.4, 0.5) is 0 Å². The van der Waals surface area contributed by atoms with E-state index in [2.05, 4.69) is 49.1 Å². The van der Waals surface area contributed by atoms with E-state index < -0.39 is 152 Å². The number of carbonyl (C=O) groups excluding carboxylic acids is 11. The van der Waals surface area contributed by atoms with Crippen molar-refractivity contribution >= 4 is 65.0 Å². The van der Waals surface area contributed by atoms with Crippen molar-refractivity contribution in [2.24, 2.45) is 23.1 Å². The molecular formula is C48H66N12O12. The third-order valence-electron chi connectivity index (χ3n) is 12.2. The topological polar surface area (TPSA) is 386 Å². The van der Waals surface area contributed by atoms with Crippen LogP contribution in [0, 0.1) is 5.92 Å². The summed E-state index contributed by atoms with van der Waals surface area (Å²) >= 11 is 0. The number of nitrogens with zero attached hydrogens (tertiary/aromatic N) is 1. The fraction of sp³-hybridized carbons (Fsp3) is 0.479. The maximum absolute atomic E-state index is 14.6. The second-order valence-electron chi connectivity index (χ2n) is 17.8. The van der Waals surface area contributed by atoms with Crippen LogP contribution in [-0.2, 0) is 65.6 Å². The average molecular weight is 1000 g/mol. The van der Waals surface area contributed by atoms with Crippen LogP contribution < -0.4 is 59.7 Å². The van der Waals surface area contributed by atoms with Gasteiger partial charge in [0.05, 0.1) is 25.6 Å². The minimum Gasteiger partial charge on any atom is -0.508 e. The van der Waals surface area contributed by atoms with E-state index in [-0.39, 0.29) is 43.7 Å². The first-order chi connectivity index (χ1) is 34.1. The van der Waals surface area contributed by atoms with E-state index in [4.69, 9.17) is 17.2 Å². The lowest BCUT2D eigenvalue weighted by Crippen LogP contribution is -2.60. The molecule has 2 aliphatic rings. The van der Waals surface area contributed by atoms with Gasteiger partial charge in [-0.3, -0.25) is 52.7 Å². The van der Waals surface area contributed by atoms with Gasteiger partial charge in [-0.05, 0) is 61.3 Å². The molecule has 24 nitrogen and oxygen atoms in total. The first-order valence-corrected chi connectivity index (χ1v) is 23.6. The third kappa shape index (κ3) is 17.7. The third-order valence-corrected chi connectivity index (χ3v) is 12.2. The van der Waals surface area contributed by atoms with E-state index in [1.807, 2.05) is 0 Å². The lowest BCUT2D eigenvalue weighted by molar-refractivity contribution is -0.143. The van der Waals surface area contributed by atoms with Gasteiger partial charge in [0.2, 0.25) is 65.0 Å². The number of nitrogens with two attached hydrogens (primary N) is 3. The summed E-state index contributed by atoms with van der Waals surface area (Å²) in [4.78, 5) is 148. The zero-order valence-corrected chi connectivity index (χ0v) is 40.3. The van der Waals surface area contributed by atoms with Crippen LogP contribution in [0.5, 0.6) is 5.75 Å². The maximum atomic E-state index is 14.6. The van der Waals surface area contributed by atoms with Crippen molar-refractivity contribution in [1.82, 2.24) is 47.4 Å². The van der Waals surface area contributed by atoms with Crippen molar-refractivity contribution in [3.8, 4) is 5.75 Å². The highest BCUT2D eigenvalue weighted by atomic mass is 16.3. The molecule has 2 fully saturated rings. The molecule has 2 aromatic carbocycles. The highest BCUT2D eigenvalue weighted by Gasteiger charge is 2.40. The summed E-state index contributed by atoms with van der Waals surface area (Å²) in [5.41, 5.74) is 17.6. The zero-order valence-electron chi connectivity index (χ0n) is 40.3. The van der Waals surface area contributed by atoms with Crippen LogP contribution in [0.25, 0.3) is 0 Å². The van der Waals surface area contributed by atoms with E-state index >= 15 is 0 Å². The van der Waals surface area contributed by atoms with Crippen molar-refractivity contribution < 1.29 is 57.8 Å². The number of phenols is 1. The molecule has 2 saturated heterocycles. The van der Waals surface area contributed by atoms with Gasteiger partial charge in [0.1, 0.15) is 42.0 Å². The molecule has 24 heteroatoms. The van der Waals surface area contributed by atoms with Crippen molar-refractivity contribution in [1.29, 1.82) is 0 Å². The molecular weight excluding hydrogens is 937 g/mol.